The van der Waals surface area contributed by atoms with Crippen LogP contribution in [0.2, 0.25) is 0 Å². The van der Waals surface area contributed by atoms with Crippen LogP contribution in [0.5, 0.6) is 0 Å². The second kappa shape index (κ2) is 5.94. The van der Waals surface area contributed by atoms with E-state index in [4.69, 9.17) is 18.9 Å². The minimum Gasteiger partial charge on any atom is -0.458 e. The fourth-order valence-corrected chi connectivity index (χ4v) is 9.95. The Morgan fingerprint density at radius 1 is 1.03 bits per heavy atom. The largest absolute Gasteiger partial charge is 0.458 e. The van der Waals surface area contributed by atoms with Crippen molar-refractivity contribution in [3.8, 4) is 0 Å². The van der Waals surface area contributed by atoms with Gasteiger partial charge in [-0.2, -0.15) is 0 Å². The molecule has 9 nitrogen and oxygen atoms in total. The molecule has 194 valence electrons. The predicted molar refractivity (Wildman–Crippen MR) is 122 cm³/mol. The van der Waals surface area contributed by atoms with E-state index >= 15 is 0 Å². The fraction of sp³-hybridized carbons (Fsp3) is 0.643. The smallest absolute Gasteiger partial charge is 0.343 e. The lowest BCUT2D eigenvalue weighted by molar-refractivity contribution is -0.329. The number of hydrogen-bond acceptors (Lipinski definition) is 9. The van der Waals surface area contributed by atoms with E-state index < -0.39 is 80.9 Å². The number of rotatable bonds is 0. The molecule has 1 N–H and O–H groups in total. The van der Waals surface area contributed by atoms with Gasteiger partial charge < -0.3 is 24.1 Å². The van der Waals surface area contributed by atoms with Crippen molar-refractivity contribution in [3.63, 3.8) is 0 Å². The van der Waals surface area contributed by atoms with Crippen LogP contribution in [0.4, 0.5) is 0 Å². The molecule has 4 heterocycles. The van der Waals surface area contributed by atoms with Crippen LogP contribution >= 0.6 is 0 Å². The molecule has 0 aromatic rings. The number of esters is 3. The molecule has 4 aliphatic carbocycles. The van der Waals surface area contributed by atoms with Crippen molar-refractivity contribution in [2.24, 2.45) is 34.5 Å². The number of allylic oxidation sites excluding steroid dienone is 5. The fourth-order valence-electron chi connectivity index (χ4n) is 9.95. The Balaban J connectivity index is 1.46. The van der Waals surface area contributed by atoms with Crippen molar-refractivity contribution in [2.75, 3.05) is 6.61 Å². The van der Waals surface area contributed by atoms with Gasteiger partial charge in [-0.3, -0.25) is 9.59 Å². The van der Waals surface area contributed by atoms with Crippen molar-refractivity contribution in [2.45, 2.75) is 68.5 Å². The van der Waals surface area contributed by atoms with Crippen LogP contribution in [0, 0.1) is 34.5 Å². The molecule has 0 aromatic heterocycles. The van der Waals surface area contributed by atoms with Crippen LogP contribution in [-0.2, 0) is 38.1 Å². The van der Waals surface area contributed by atoms with E-state index in [0.717, 1.165) is 5.57 Å². The monoisotopic (exact) mass is 508 g/mol. The summed E-state index contributed by atoms with van der Waals surface area (Å²) >= 11 is 0. The van der Waals surface area contributed by atoms with Crippen molar-refractivity contribution in [1.29, 1.82) is 0 Å². The molecule has 4 bridgehead atoms. The van der Waals surface area contributed by atoms with Crippen molar-refractivity contribution in [1.82, 2.24) is 0 Å². The van der Waals surface area contributed by atoms with Crippen LogP contribution in [-0.4, -0.2) is 63.9 Å². The molecule has 6 fully saturated rings. The highest BCUT2D eigenvalue weighted by atomic mass is 16.7. The van der Waals surface area contributed by atoms with Gasteiger partial charge in [0.25, 0.3) is 0 Å². The molecule has 0 radical (unpaired) electrons. The molecule has 1 spiro atoms. The molecule has 4 aliphatic heterocycles. The highest BCUT2D eigenvalue weighted by molar-refractivity contribution is 6.00. The number of hydrogen-bond donors (Lipinski definition) is 1. The average molecular weight is 509 g/mol. The standard InChI is InChI=1S/C28H28O9/c1-23-11-18-25(3)28-20(23)27(22(32)37-28,34-12-16(23)19(30)35-18)15-8-7-13-5-4-6-17(29)24(13,2)14(15)9-10-26(28,33)21(31)36-25/h4-8,14-16,18,20,33H,9-12H2,1-3H3/t14-,15+,16-,18-,20+,23+,24-,25-,26-,27-,28-/m0/s1. The zero-order valence-corrected chi connectivity index (χ0v) is 20.8. The lowest BCUT2D eigenvalue weighted by Gasteiger charge is -2.67. The summed E-state index contributed by atoms with van der Waals surface area (Å²) in [7, 11) is 0. The minimum atomic E-state index is -2.20. The van der Waals surface area contributed by atoms with E-state index in [1.54, 1.807) is 13.0 Å². The Kier molecular flexibility index (Phi) is 3.57. The van der Waals surface area contributed by atoms with E-state index in [2.05, 4.69) is 0 Å². The van der Waals surface area contributed by atoms with Gasteiger partial charge in [0.15, 0.2) is 17.0 Å². The summed E-state index contributed by atoms with van der Waals surface area (Å²) in [6, 6.07) is 0. The predicted octanol–water partition coefficient (Wildman–Crippen LogP) is 1.33. The quantitative estimate of drug-likeness (QED) is 0.381. The first-order valence-electron chi connectivity index (χ1n) is 13.1. The van der Waals surface area contributed by atoms with Crippen molar-refractivity contribution >= 4 is 23.7 Å². The minimum absolute atomic E-state index is 0.0575. The third-order valence-corrected chi connectivity index (χ3v) is 11.7. The third kappa shape index (κ3) is 1.88. The maximum Gasteiger partial charge on any atom is 0.343 e. The van der Waals surface area contributed by atoms with E-state index in [0.29, 0.717) is 6.42 Å². The van der Waals surface area contributed by atoms with Crippen molar-refractivity contribution in [3.05, 3.63) is 36.0 Å². The van der Waals surface area contributed by atoms with Gasteiger partial charge in [-0.25, -0.2) is 9.59 Å². The van der Waals surface area contributed by atoms with Gasteiger partial charge in [0.1, 0.15) is 6.10 Å². The molecule has 8 rings (SSSR count). The number of fused-ring (bicyclic) bond motifs is 5. The summed E-state index contributed by atoms with van der Waals surface area (Å²) < 4.78 is 24.6. The van der Waals surface area contributed by atoms with E-state index in [-0.39, 0.29) is 25.2 Å². The molecule has 0 unspecified atom stereocenters. The van der Waals surface area contributed by atoms with Crippen LogP contribution < -0.4 is 0 Å². The molecule has 4 saturated heterocycles. The van der Waals surface area contributed by atoms with Gasteiger partial charge in [-0.15, -0.1) is 0 Å². The molecular weight excluding hydrogens is 480 g/mol. The molecular formula is C28H28O9. The summed E-state index contributed by atoms with van der Waals surface area (Å²) in [5, 5.41) is 12.4. The Morgan fingerprint density at radius 2 is 1.81 bits per heavy atom. The summed E-state index contributed by atoms with van der Waals surface area (Å²) in [5.74, 6) is -4.79. The van der Waals surface area contributed by atoms with E-state index in [1.807, 2.05) is 32.1 Å². The second-order valence-corrected chi connectivity index (χ2v) is 12.8. The normalized spacial score (nSPS) is 57.8. The van der Waals surface area contributed by atoms with Gasteiger partial charge in [-0.05, 0) is 56.1 Å². The Morgan fingerprint density at radius 3 is 2.59 bits per heavy atom. The summed E-state index contributed by atoms with van der Waals surface area (Å²) in [5.41, 5.74) is -8.27. The Bertz CT molecular complexity index is 1340. The first-order valence-corrected chi connectivity index (χ1v) is 13.1. The maximum atomic E-state index is 14.3. The molecule has 9 heteroatoms. The average Bonchev–Trinajstić information content (AvgIpc) is 3.22. The van der Waals surface area contributed by atoms with Crippen molar-refractivity contribution < 1.29 is 43.2 Å². The second-order valence-electron chi connectivity index (χ2n) is 12.8. The number of ketones is 1. The zero-order chi connectivity index (χ0) is 26.0. The van der Waals surface area contributed by atoms with Crippen LogP contribution in [0.25, 0.3) is 0 Å². The van der Waals surface area contributed by atoms with Gasteiger partial charge >= 0.3 is 17.9 Å². The highest BCUT2D eigenvalue weighted by Gasteiger charge is 2.95. The van der Waals surface area contributed by atoms with Gasteiger partial charge in [0.2, 0.25) is 11.2 Å². The first-order chi connectivity index (χ1) is 17.4. The van der Waals surface area contributed by atoms with Crippen LogP contribution in [0.3, 0.4) is 0 Å². The summed E-state index contributed by atoms with van der Waals surface area (Å²) in [4.78, 5) is 54.7. The van der Waals surface area contributed by atoms with E-state index in [1.165, 1.54) is 6.08 Å². The van der Waals surface area contributed by atoms with Gasteiger partial charge in [0, 0.05) is 5.92 Å². The summed E-state index contributed by atoms with van der Waals surface area (Å²) in [6.45, 7) is 5.33. The third-order valence-electron chi connectivity index (χ3n) is 11.7. The number of carbonyl (C=O) groups excluding carboxylic acids is 4. The maximum absolute atomic E-state index is 14.3. The first kappa shape index (κ1) is 22.2. The Hall–Kier alpha value is -2.78. The summed E-state index contributed by atoms with van der Waals surface area (Å²) in [6.07, 6.45) is 8.59. The molecule has 2 saturated carbocycles. The highest BCUT2D eigenvalue weighted by Crippen LogP contribution is 2.76. The number of aliphatic hydroxyl groups is 1. The molecule has 0 amide bonds. The Labute approximate surface area is 212 Å². The molecule has 11 atom stereocenters. The van der Waals surface area contributed by atoms with Gasteiger partial charge in [-0.1, -0.05) is 31.2 Å². The topological polar surface area (TPSA) is 125 Å². The number of ether oxygens (including phenoxy) is 4. The zero-order valence-electron chi connectivity index (χ0n) is 20.8. The number of carbonyl (C=O) groups is 4. The van der Waals surface area contributed by atoms with Gasteiger partial charge in [0.05, 0.1) is 23.9 Å². The molecule has 0 aromatic carbocycles. The van der Waals surface area contributed by atoms with E-state index in [9.17, 15) is 24.3 Å². The lowest BCUT2D eigenvalue weighted by atomic mass is 9.39. The SMILES string of the molecule is C[C@]12C(=O)C=CC=C1C=C[C@@H]1[C@@H]2CC[C@]2(O)C(=O)O[C@@]3(C)[C@@H]4C[C@@]5(C)[C@@H]6[C@]1(OC[C@H]5C(=O)O4)C(=O)O[C@@]632. The van der Waals surface area contributed by atoms with Crippen LogP contribution in [0.15, 0.2) is 36.0 Å². The molecule has 37 heavy (non-hydrogen) atoms. The molecule has 8 aliphatic rings. The van der Waals surface area contributed by atoms with Crippen LogP contribution in [0.1, 0.15) is 40.0 Å². The lowest BCUT2D eigenvalue weighted by Crippen LogP contribution is -2.82.